The lowest BCUT2D eigenvalue weighted by Crippen LogP contribution is -2.56. The van der Waals surface area contributed by atoms with Crippen LogP contribution >= 0.6 is 11.6 Å². The number of amides is 2. The van der Waals surface area contributed by atoms with Crippen molar-refractivity contribution in [2.45, 2.75) is 117 Å². The quantitative estimate of drug-likeness (QED) is 0.456. The van der Waals surface area contributed by atoms with Crippen molar-refractivity contribution < 1.29 is 14.7 Å². The van der Waals surface area contributed by atoms with E-state index in [-0.39, 0.29) is 41.3 Å². The monoisotopic (exact) mass is 573 g/mol. The molecule has 3 fully saturated rings. The number of nitrogens with zero attached hydrogens (tertiary/aromatic N) is 3. The Bertz CT molecular complexity index is 1050. The number of likely N-dealkylation sites (tertiary alicyclic amines) is 2. The van der Waals surface area contributed by atoms with E-state index in [9.17, 15) is 14.7 Å². The zero-order valence-corrected chi connectivity index (χ0v) is 26.8. The van der Waals surface area contributed by atoms with Gasteiger partial charge in [-0.2, -0.15) is 0 Å². The zero-order chi connectivity index (χ0) is 29.6. The average Bonchev–Trinajstić information content (AvgIpc) is 3.53. The van der Waals surface area contributed by atoms with Gasteiger partial charge < -0.3 is 14.9 Å². The summed E-state index contributed by atoms with van der Waals surface area (Å²) in [6, 6.07) is 8.11. The third-order valence-corrected chi connectivity index (χ3v) is 10.5. The predicted molar refractivity (Wildman–Crippen MR) is 162 cm³/mol. The van der Waals surface area contributed by atoms with Crippen LogP contribution in [-0.4, -0.2) is 81.5 Å². The lowest BCUT2D eigenvalue weighted by atomic mass is 9.74. The van der Waals surface area contributed by atoms with Gasteiger partial charge in [0.1, 0.15) is 0 Å². The third-order valence-electron chi connectivity index (χ3n) is 10.3. The summed E-state index contributed by atoms with van der Waals surface area (Å²) in [5.74, 6) is 0.190. The minimum absolute atomic E-state index is 0.0187. The van der Waals surface area contributed by atoms with Crippen LogP contribution in [0, 0.1) is 16.7 Å². The molecule has 40 heavy (non-hydrogen) atoms. The van der Waals surface area contributed by atoms with E-state index in [2.05, 4.69) is 56.6 Å². The molecule has 1 saturated carbocycles. The summed E-state index contributed by atoms with van der Waals surface area (Å²) in [5.41, 5.74) is 0.548. The summed E-state index contributed by atoms with van der Waals surface area (Å²) < 4.78 is 0. The maximum atomic E-state index is 14.2. The van der Waals surface area contributed by atoms with Crippen LogP contribution in [-0.2, 0) is 9.59 Å². The molecule has 4 rings (SSSR count). The van der Waals surface area contributed by atoms with E-state index in [4.69, 9.17) is 11.6 Å². The molecule has 0 aromatic heterocycles. The molecule has 4 atom stereocenters. The highest BCUT2D eigenvalue weighted by molar-refractivity contribution is 6.30. The molecule has 6 nitrogen and oxygen atoms in total. The second-order valence-corrected chi connectivity index (χ2v) is 15.5. The molecule has 2 amide bonds. The molecular weight excluding hydrogens is 522 g/mol. The number of aliphatic hydroxyl groups excluding tert-OH is 1. The summed E-state index contributed by atoms with van der Waals surface area (Å²) >= 11 is 6.19. The minimum Gasteiger partial charge on any atom is -0.392 e. The second kappa shape index (κ2) is 11.6. The first-order valence-corrected chi connectivity index (χ1v) is 15.7. The van der Waals surface area contributed by atoms with E-state index >= 15 is 0 Å². The van der Waals surface area contributed by atoms with Crippen LogP contribution in [0.3, 0.4) is 0 Å². The van der Waals surface area contributed by atoms with Gasteiger partial charge in [0.15, 0.2) is 0 Å². The highest BCUT2D eigenvalue weighted by atomic mass is 35.5. The molecule has 2 heterocycles. The van der Waals surface area contributed by atoms with Crippen molar-refractivity contribution in [1.82, 2.24) is 14.7 Å². The van der Waals surface area contributed by atoms with Crippen molar-refractivity contribution >= 4 is 23.4 Å². The molecule has 224 valence electrons. The van der Waals surface area contributed by atoms with Crippen LogP contribution in [0.2, 0.25) is 5.02 Å². The van der Waals surface area contributed by atoms with Crippen molar-refractivity contribution in [2.24, 2.45) is 16.7 Å². The van der Waals surface area contributed by atoms with E-state index in [1.165, 1.54) is 0 Å². The van der Waals surface area contributed by atoms with E-state index in [0.717, 1.165) is 50.8 Å². The van der Waals surface area contributed by atoms with E-state index in [1.807, 2.05) is 30.9 Å². The topological polar surface area (TPSA) is 64.1 Å². The van der Waals surface area contributed by atoms with Crippen LogP contribution in [0.4, 0.5) is 0 Å². The highest BCUT2D eigenvalue weighted by Gasteiger charge is 2.48. The van der Waals surface area contributed by atoms with Crippen LogP contribution in [0.5, 0.6) is 0 Å². The minimum atomic E-state index is -0.872. The molecule has 1 aromatic carbocycles. The predicted octanol–water partition coefficient (Wildman–Crippen LogP) is 5.96. The summed E-state index contributed by atoms with van der Waals surface area (Å²) in [6.07, 6.45) is 4.15. The van der Waals surface area contributed by atoms with Gasteiger partial charge in [-0.3, -0.25) is 14.5 Å². The number of carbonyl (C=O) groups is 2. The van der Waals surface area contributed by atoms with Crippen molar-refractivity contribution in [1.29, 1.82) is 0 Å². The van der Waals surface area contributed by atoms with Gasteiger partial charge in [-0.15, -0.1) is 0 Å². The fourth-order valence-electron chi connectivity index (χ4n) is 6.86. The summed E-state index contributed by atoms with van der Waals surface area (Å²) in [7, 11) is 0. The number of rotatable bonds is 6. The average molecular weight is 574 g/mol. The number of hydrogen-bond acceptors (Lipinski definition) is 4. The zero-order valence-electron chi connectivity index (χ0n) is 26.0. The number of benzene rings is 1. The molecule has 1 unspecified atom stereocenters. The largest absolute Gasteiger partial charge is 0.392 e. The molecule has 7 heteroatoms. The van der Waals surface area contributed by atoms with Gasteiger partial charge in [-0.25, -0.2) is 0 Å². The van der Waals surface area contributed by atoms with Crippen LogP contribution in [0.25, 0.3) is 0 Å². The Morgan fingerprint density at radius 1 is 0.975 bits per heavy atom. The fourth-order valence-corrected chi connectivity index (χ4v) is 6.98. The highest BCUT2D eigenvalue weighted by Crippen LogP contribution is 2.41. The van der Waals surface area contributed by atoms with Gasteiger partial charge in [-0.05, 0) is 96.8 Å². The smallest absolute Gasteiger partial charge is 0.231 e. The Kier molecular flexibility index (Phi) is 9.05. The lowest BCUT2D eigenvalue weighted by molar-refractivity contribution is -0.153. The molecule has 1 aliphatic carbocycles. The van der Waals surface area contributed by atoms with Crippen molar-refractivity contribution in [3.05, 3.63) is 34.9 Å². The summed E-state index contributed by atoms with van der Waals surface area (Å²) in [5, 5.41) is 11.2. The maximum Gasteiger partial charge on any atom is 0.231 e. The van der Waals surface area contributed by atoms with Crippen LogP contribution < -0.4 is 0 Å². The Morgan fingerprint density at radius 3 is 2.12 bits per heavy atom. The second-order valence-electron chi connectivity index (χ2n) is 15.1. The van der Waals surface area contributed by atoms with Gasteiger partial charge in [0, 0.05) is 48.7 Å². The maximum absolute atomic E-state index is 14.2. The number of aliphatic hydroxyl groups is 1. The SMILES string of the molecule is CC(O)C(C)(C)C(=O)N(C1CCC(C)(C)CC1)[C@H]1CCN(C(=O)[C@@H]2CN(C(C)(C)C)C[C@H]2c2ccc(Cl)cc2)C1. The van der Waals surface area contributed by atoms with Crippen LogP contribution in [0.15, 0.2) is 24.3 Å². The summed E-state index contributed by atoms with van der Waals surface area (Å²) in [6.45, 7) is 19.5. The first-order valence-electron chi connectivity index (χ1n) is 15.3. The molecule has 1 aromatic rings. The Hall–Kier alpha value is -1.63. The van der Waals surface area contributed by atoms with E-state index in [0.29, 0.717) is 23.5 Å². The van der Waals surface area contributed by atoms with Crippen molar-refractivity contribution in [2.75, 3.05) is 26.2 Å². The van der Waals surface area contributed by atoms with Gasteiger partial charge in [0.2, 0.25) is 11.8 Å². The Labute approximate surface area is 247 Å². The van der Waals surface area contributed by atoms with Gasteiger partial charge in [0.25, 0.3) is 0 Å². The van der Waals surface area contributed by atoms with Crippen molar-refractivity contribution in [3.63, 3.8) is 0 Å². The van der Waals surface area contributed by atoms with Gasteiger partial charge >= 0.3 is 0 Å². The molecule has 1 N–H and O–H groups in total. The molecule has 2 aliphatic heterocycles. The first-order chi connectivity index (χ1) is 18.5. The standard InChI is InChI=1S/C33H52ClN3O3/c1-22(38)33(7,8)30(40)37(25-13-16-32(5,6)17-14-25)26-15-18-35(19-26)29(39)28-21-36(31(2,3)4)20-27(28)23-9-11-24(34)12-10-23/h9-12,22,25-28,38H,13-21H2,1-8H3/t22?,26-,27-,28+/m0/s1. The number of halogens is 1. The molecule has 3 aliphatic rings. The summed E-state index contributed by atoms with van der Waals surface area (Å²) in [4.78, 5) is 34.8. The Morgan fingerprint density at radius 2 is 1.57 bits per heavy atom. The lowest BCUT2D eigenvalue weighted by Gasteiger charge is -2.46. The molecular formula is C33H52ClN3O3. The third kappa shape index (κ3) is 6.55. The Balaban J connectivity index is 1.56. The molecule has 0 spiro atoms. The van der Waals surface area contributed by atoms with Crippen LogP contribution in [0.1, 0.15) is 99.0 Å². The van der Waals surface area contributed by atoms with Gasteiger partial charge in [-0.1, -0.05) is 37.6 Å². The fraction of sp³-hybridized carbons (Fsp3) is 0.758. The van der Waals surface area contributed by atoms with Crippen molar-refractivity contribution in [3.8, 4) is 0 Å². The van der Waals surface area contributed by atoms with E-state index in [1.54, 1.807) is 6.92 Å². The molecule has 0 radical (unpaired) electrons. The van der Waals surface area contributed by atoms with Gasteiger partial charge in [0.05, 0.1) is 23.5 Å². The molecule has 0 bridgehead atoms. The number of hydrogen-bond donors (Lipinski definition) is 1. The number of carbonyl (C=O) groups excluding carboxylic acids is 2. The molecule has 2 saturated heterocycles. The normalized spacial score (nSPS) is 27.1. The first kappa shape index (κ1) is 31.3. The van der Waals surface area contributed by atoms with E-state index < -0.39 is 11.5 Å².